The van der Waals surface area contributed by atoms with Crippen LogP contribution in [0, 0.1) is 5.92 Å². The summed E-state index contributed by atoms with van der Waals surface area (Å²) in [7, 11) is 0. The van der Waals surface area contributed by atoms with E-state index >= 15 is 0 Å². The minimum atomic E-state index is -0.964. The molecule has 1 aliphatic carbocycles. The summed E-state index contributed by atoms with van der Waals surface area (Å²) in [5.41, 5.74) is 0. The second kappa shape index (κ2) is 5.33. The monoisotopic (exact) mass is 216 g/mol. The molecule has 6 nitrogen and oxygen atoms in total. The molecule has 0 aromatic rings. The van der Waals surface area contributed by atoms with Gasteiger partial charge in [0, 0.05) is 6.42 Å². The zero-order valence-electron chi connectivity index (χ0n) is 8.00. The molecule has 1 saturated carbocycles. The normalized spacial score (nSPS) is 30.3. The summed E-state index contributed by atoms with van der Waals surface area (Å²) in [6.45, 7) is 0.569. The van der Waals surface area contributed by atoms with E-state index in [9.17, 15) is 14.4 Å². The first-order valence-corrected chi connectivity index (χ1v) is 4.58. The fraction of sp³-hybridized carbons (Fsp3) is 0.667. The number of carbonyl (C=O) groups is 3. The van der Waals surface area contributed by atoms with Crippen molar-refractivity contribution in [3.05, 3.63) is 0 Å². The highest BCUT2D eigenvalue weighted by Crippen LogP contribution is 2.28. The number of ether oxygens (including phenoxy) is 2. The highest BCUT2D eigenvalue weighted by molar-refractivity contribution is 5.70. The first-order chi connectivity index (χ1) is 7.17. The van der Waals surface area contributed by atoms with Gasteiger partial charge in [-0.2, -0.15) is 0 Å². The van der Waals surface area contributed by atoms with Crippen molar-refractivity contribution < 1.29 is 29.0 Å². The van der Waals surface area contributed by atoms with Crippen LogP contribution in [-0.4, -0.2) is 36.2 Å². The van der Waals surface area contributed by atoms with Gasteiger partial charge >= 0.3 is 5.97 Å². The van der Waals surface area contributed by atoms with Crippen molar-refractivity contribution in [3.8, 4) is 0 Å². The van der Waals surface area contributed by atoms with E-state index in [0.29, 0.717) is 6.42 Å². The zero-order chi connectivity index (χ0) is 11.3. The summed E-state index contributed by atoms with van der Waals surface area (Å²) in [6.07, 6.45) is -0.0644. The average molecular weight is 216 g/mol. The minimum Gasteiger partial charge on any atom is -0.481 e. The Morgan fingerprint density at radius 3 is 1.87 bits per heavy atom. The van der Waals surface area contributed by atoms with Gasteiger partial charge in [0.05, 0.1) is 5.92 Å². The molecule has 15 heavy (non-hydrogen) atoms. The Balaban J connectivity index is 2.58. The molecule has 0 aromatic heterocycles. The van der Waals surface area contributed by atoms with Gasteiger partial charge < -0.3 is 14.6 Å². The van der Waals surface area contributed by atoms with Gasteiger partial charge in [-0.15, -0.1) is 0 Å². The molecule has 0 aliphatic heterocycles. The van der Waals surface area contributed by atoms with Crippen LogP contribution >= 0.6 is 0 Å². The highest BCUT2D eigenvalue weighted by atomic mass is 16.5. The van der Waals surface area contributed by atoms with Crippen molar-refractivity contribution in [2.75, 3.05) is 0 Å². The van der Waals surface area contributed by atoms with Gasteiger partial charge in [0.25, 0.3) is 12.9 Å². The zero-order valence-corrected chi connectivity index (χ0v) is 8.00. The lowest BCUT2D eigenvalue weighted by molar-refractivity contribution is -0.155. The Hall–Kier alpha value is -1.59. The largest absolute Gasteiger partial charge is 0.481 e. The molecule has 0 spiro atoms. The SMILES string of the molecule is O=COC1CC(OC=O)CC(C(=O)O)C1. The van der Waals surface area contributed by atoms with Gasteiger partial charge in [-0.3, -0.25) is 14.4 Å². The minimum absolute atomic E-state index is 0.271. The molecule has 1 fully saturated rings. The molecular formula is C9H12O6. The van der Waals surface area contributed by atoms with Crippen LogP contribution in [0.5, 0.6) is 0 Å². The first kappa shape index (κ1) is 11.5. The molecule has 0 bridgehead atoms. The van der Waals surface area contributed by atoms with E-state index < -0.39 is 24.1 Å². The van der Waals surface area contributed by atoms with Gasteiger partial charge in [0.15, 0.2) is 0 Å². The molecule has 0 heterocycles. The summed E-state index contributed by atoms with van der Waals surface area (Å²) >= 11 is 0. The molecule has 2 atom stereocenters. The summed E-state index contributed by atoms with van der Waals surface area (Å²) < 4.78 is 9.40. The number of aliphatic carboxylic acids is 1. The molecule has 1 N–H and O–H groups in total. The number of hydrogen-bond acceptors (Lipinski definition) is 5. The number of carboxylic acids is 1. The lowest BCUT2D eigenvalue weighted by atomic mass is 9.85. The number of hydrogen-bond donors (Lipinski definition) is 1. The van der Waals surface area contributed by atoms with Crippen LogP contribution in [0.15, 0.2) is 0 Å². The third-order valence-corrected chi connectivity index (χ3v) is 2.47. The van der Waals surface area contributed by atoms with E-state index in [-0.39, 0.29) is 25.8 Å². The maximum absolute atomic E-state index is 10.8. The van der Waals surface area contributed by atoms with Crippen LogP contribution in [0.2, 0.25) is 0 Å². The second-order valence-corrected chi connectivity index (χ2v) is 3.45. The maximum Gasteiger partial charge on any atom is 0.306 e. The van der Waals surface area contributed by atoms with Gasteiger partial charge in [-0.1, -0.05) is 0 Å². The molecule has 84 valence electrons. The second-order valence-electron chi connectivity index (χ2n) is 3.45. The summed E-state index contributed by atoms with van der Waals surface area (Å²) in [5.74, 6) is -1.60. The van der Waals surface area contributed by atoms with Crippen molar-refractivity contribution in [2.45, 2.75) is 31.5 Å². The highest BCUT2D eigenvalue weighted by Gasteiger charge is 2.34. The molecule has 0 saturated heterocycles. The fourth-order valence-electron chi connectivity index (χ4n) is 1.80. The van der Waals surface area contributed by atoms with Crippen LogP contribution in [0.4, 0.5) is 0 Å². The Bertz CT molecular complexity index is 233. The molecule has 6 heteroatoms. The van der Waals surface area contributed by atoms with E-state index in [1.165, 1.54) is 0 Å². The lowest BCUT2D eigenvalue weighted by Gasteiger charge is -2.30. The third kappa shape index (κ3) is 3.23. The first-order valence-electron chi connectivity index (χ1n) is 4.58. The van der Waals surface area contributed by atoms with Crippen LogP contribution in [-0.2, 0) is 23.9 Å². The number of carboxylic acid groups (broad SMARTS) is 1. The molecule has 0 radical (unpaired) electrons. The molecule has 0 aromatic carbocycles. The average Bonchev–Trinajstić information content (AvgIpc) is 2.18. The van der Waals surface area contributed by atoms with E-state index in [4.69, 9.17) is 14.6 Å². The van der Waals surface area contributed by atoms with Crippen LogP contribution < -0.4 is 0 Å². The molecular weight excluding hydrogens is 204 g/mol. The lowest BCUT2D eigenvalue weighted by Crippen LogP contribution is -2.36. The summed E-state index contributed by atoms with van der Waals surface area (Å²) in [5, 5.41) is 8.82. The Morgan fingerprint density at radius 1 is 1.07 bits per heavy atom. The molecule has 0 amide bonds. The predicted molar refractivity (Wildman–Crippen MR) is 46.9 cm³/mol. The standard InChI is InChI=1S/C9H12O6/c10-4-14-7-1-6(9(12)13)2-8(3-7)15-5-11/h4-8H,1-3H2,(H,12,13). The number of rotatable bonds is 5. The van der Waals surface area contributed by atoms with Gasteiger partial charge in [0.2, 0.25) is 0 Å². The van der Waals surface area contributed by atoms with E-state index in [2.05, 4.69) is 0 Å². The van der Waals surface area contributed by atoms with Gasteiger partial charge in [0.1, 0.15) is 12.2 Å². The van der Waals surface area contributed by atoms with E-state index in [0.717, 1.165) is 0 Å². The van der Waals surface area contributed by atoms with Gasteiger partial charge in [-0.05, 0) is 12.8 Å². The topological polar surface area (TPSA) is 89.9 Å². The van der Waals surface area contributed by atoms with Crippen LogP contribution in [0.25, 0.3) is 0 Å². The molecule has 1 aliphatic rings. The quantitative estimate of drug-likeness (QED) is 0.648. The van der Waals surface area contributed by atoms with Crippen molar-refractivity contribution >= 4 is 18.9 Å². The summed E-state index contributed by atoms with van der Waals surface area (Å²) in [4.78, 5) is 31.0. The molecule has 1 rings (SSSR count). The maximum atomic E-state index is 10.8. The van der Waals surface area contributed by atoms with Gasteiger partial charge in [-0.25, -0.2) is 0 Å². The van der Waals surface area contributed by atoms with Crippen molar-refractivity contribution in [1.29, 1.82) is 0 Å². The Morgan fingerprint density at radius 2 is 1.53 bits per heavy atom. The van der Waals surface area contributed by atoms with Crippen molar-refractivity contribution in [2.24, 2.45) is 5.92 Å². The van der Waals surface area contributed by atoms with Crippen LogP contribution in [0.3, 0.4) is 0 Å². The van der Waals surface area contributed by atoms with E-state index in [1.54, 1.807) is 0 Å². The smallest absolute Gasteiger partial charge is 0.306 e. The summed E-state index contributed by atoms with van der Waals surface area (Å²) in [6, 6.07) is 0. The van der Waals surface area contributed by atoms with E-state index in [1.807, 2.05) is 0 Å². The molecule has 2 unspecified atom stereocenters. The fourth-order valence-corrected chi connectivity index (χ4v) is 1.80. The third-order valence-electron chi connectivity index (χ3n) is 2.47. The van der Waals surface area contributed by atoms with Crippen molar-refractivity contribution in [3.63, 3.8) is 0 Å². The van der Waals surface area contributed by atoms with Crippen LogP contribution in [0.1, 0.15) is 19.3 Å². The van der Waals surface area contributed by atoms with Crippen molar-refractivity contribution in [1.82, 2.24) is 0 Å². The predicted octanol–water partition coefficient (Wildman–Crippen LogP) is -0.0457. The number of carbonyl (C=O) groups excluding carboxylic acids is 2. The Kier molecular flexibility index (Phi) is 4.08. The Labute approximate surface area is 86.2 Å².